The van der Waals surface area contributed by atoms with Gasteiger partial charge in [-0.25, -0.2) is 8.78 Å². The second-order valence-electron chi connectivity index (χ2n) is 3.81. The molecule has 2 rings (SSSR count). The summed E-state index contributed by atoms with van der Waals surface area (Å²) < 4.78 is 27.6. The van der Waals surface area contributed by atoms with E-state index < -0.39 is 11.6 Å². The van der Waals surface area contributed by atoms with Crippen LogP contribution in [-0.2, 0) is 13.1 Å². The number of hydrogen-bond donors (Lipinski definition) is 2. The Hall–Kier alpha value is -1.95. The van der Waals surface area contributed by atoms with Crippen molar-refractivity contribution in [1.29, 1.82) is 0 Å². The molecule has 0 fully saturated rings. The van der Waals surface area contributed by atoms with Crippen LogP contribution in [0.25, 0.3) is 0 Å². The normalized spacial score (nSPS) is 10.6. The highest BCUT2D eigenvalue weighted by atomic mass is 19.1. The SMILES string of the molecule is OCCn1cc(CNc2ccc(F)cc2F)cn1. The standard InChI is InChI=1S/C12H13F2N3O/c13-10-1-2-12(11(14)5-10)15-6-9-7-16-17(8-9)3-4-18/h1-2,5,7-8,15,18H,3-4,6H2. The first kappa shape index (κ1) is 12.5. The van der Waals surface area contributed by atoms with Gasteiger partial charge in [0.2, 0.25) is 0 Å². The van der Waals surface area contributed by atoms with Crippen LogP contribution in [0.15, 0.2) is 30.6 Å². The Kier molecular flexibility index (Phi) is 3.88. The average molecular weight is 253 g/mol. The predicted molar refractivity (Wildman–Crippen MR) is 63.0 cm³/mol. The second kappa shape index (κ2) is 5.59. The van der Waals surface area contributed by atoms with Gasteiger partial charge in [0.1, 0.15) is 11.6 Å². The van der Waals surface area contributed by atoms with Crippen molar-refractivity contribution >= 4 is 5.69 Å². The Morgan fingerprint density at radius 2 is 2.17 bits per heavy atom. The summed E-state index contributed by atoms with van der Waals surface area (Å²) in [4.78, 5) is 0. The zero-order valence-electron chi connectivity index (χ0n) is 9.61. The molecule has 0 unspecified atom stereocenters. The van der Waals surface area contributed by atoms with E-state index >= 15 is 0 Å². The summed E-state index contributed by atoms with van der Waals surface area (Å²) in [5.41, 5.74) is 1.10. The summed E-state index contributed by atoms with van der Waals surface area (Å²) in [7, 11) is 0. The number of hydrogen-bond acceptors (Lipinski definition) is 3. The molecule has 1 aromatic heterocycles. The Balaban J connectivity index is 1.97. The predicted octanol–water partition coefficient (Wildman–Crippen LogP) is 1.77. The summed E-state index contributed by atoms with van der Waals surface area (Å²) in [5, 5.41) is 15.6. The number of rotatable bonds is 5. The van der Waals surface area contributed by atoms with Gasteiger partial charge in [-0.15, -0.1) is 0 Å². The van der Waals surface area contributed by atoms with Crippen LogP contribution in [0.1, 0.15) is 5.56 Å². The quantitative estimate of drug-likeness (QED) is 0.853. The number of anilines is 1. The molecule has 0 aliphatic rings. The lowest BCUT2D eigenvalue weighted by Gasteiger charge is -2.05. The van der Waals surface area contributed by atoms with E-state index in [2.05, 4.69) is 10.4 Å². The molecule has 0 atom stereocenters. The molecule has 18 heavy (non-hydrogen) atoms. The highest BCUT2D eigenvalue weighted by molar-refractivity contribution is 5.45. The van der Waals surface area contributed by atoms with Gasteiger partial charge in [0.15, 0.2) is 0 Å². The number of halogens is 2. The number of nitrogens with one attached hydrogen (secondary N) is 1. The van der Waals surface area contributed by atoms with E-state index in [1.807, 2.05) is 0 Å². The highest BCUT2D eigenvalue weighted by Crippen LogP contribution is 2.15. The van der Waals surface area contributed by atoms with Crippen molar-refractivity contribution in [2.24, 2.45) is 0 Å². The van der Waals surface area contributed by atoms with Gasteiger partial charge in [-0.1, -0.05) is 0 Å². The molecular weight excluding hydrogens is 240 g/mol. The lowest BCUT2D eigenvalue weighted by atomic mass is 10.2. The van der Waals surface area contributed by atoms with Crippen LogP contribution < -0.4 is 5.32 Å². The molecule has 0 saturated carbocycles. The van der Waals surface area contributed by atoms with Gasteiger partial charge in [0.25, 0.3) is 0 Å². The molecule has 0 saturated heterocycles. The second-order valence-corrected chi connectivity index (χ2v) is 3.81. The molecule has 96 valence electrons. The van der Waals surface area contributed by atoms with Gasteiger partial charge in [0, 0.05) is 24.4 Å². The summed E-state index contributed by atoms with van der Waals surface area (Å²) >= 11 is 0. The minimum atomic E-state index is -0.627. The highest BCUT2D eigenvalue weighted by Gasteiger charge is 2.04. The van der Waals surface area contributed by atoms with Crippen LogP contribution in [0.3, 0.4) is 0 Å². The lowest BCUT2D eigenvalue weighted by molar-refractivity contribution is 0.269. The van der Waals surface area contributed by atoms with Crippen LogP contribution in [0.4, 0.5) is 14.5 Å². The van der Waals surface area contributed by atoms with Crippen LogP contribution in [0, 0.1) is 11.6 Å². The minimum absolute atomic E-state index is 0.0150. The fourth-order valence-electron chi connectivity index (χ4n) is 1.55. The molecule has 4 nitrogen and oxygen atoms in total. The molecule has 1 heterocycles. The zero-order chi connectivity index (χ0) is 13.0. The van der Waals surface area contributed by atoms with Gasteiger partial charge < -0.3 is 10.4 Å². The molecule has 2 N–H and O–H groups in total. The Labute approximate surface area is 103 Å². The topological polar surface area (TPSA) is 50.1 Å². The largest absolute Gasteiger partial charge is 0.394 e. The summed E-state index contributed by atoms with van der Waals surface area (Å²) in [6, 6.07) is 3.38. The fourth-order valence-corrected chi connectivity index (χ4v) is 1.55. The molecular formula is C12H13F2N3O. The van der Waals surface area contributed by atoms with E-state index in [0.717, 1.165) is 11.6 Å². The molecule has 0 aliphatic carbocycles. The molecule has 0 radical (unpaired) electrons. The van der Waals surface area contributed by atoms with Crippen molar-refractivity contribution in [1.82, 2.24) is 9.78 Å². The maximum absolute atomic E-state index is 13.3. The van der Waals surface area contributed by atoms with Gasteiger partial charge in [-0.05, 0) is 12.1 Å². The molecule has 0 bridgehead atoms. The smallest absolute Gasteiger partial charge is 0.149 e. The van der Waals surface area contributed by atoms with Crippen LogP contribution in [0.5, 0.6) is 0 Å². The van der Waals surface area contributed by atoms with Crippen molar-refractivity contribution in [3.63, 3.8) is 0 Å². The van der Waals surface area contributed by atoms with Crippen molar-refractivity contribution in [2.45, 2.75) is 13.1 Å². The molecule has 6 heteroatoms. The molecule has 0 spiro atoms. The van der Waals surface area contributed by atoms with E-state index in [4.69, 9.17) is 5.11 Å². The van der Waals surface area contributed by atoms with E-state index in [9.17, 15) is 8.78 Å². The molecule has 1 aromatic carbocycles. The van der Waals surface area contributed by atoms with Gasteiger partial charge >= 0.3 is 0 Å². The first-order valence-electron chi connectivity index (χ1n) is 5.50. The Bertz CT molecular complexity index is 528. The third kappa shape index (κ3) is 3.04. The maximum Gasteiger partial charge on any atom is 0.149 e. The van der Waals surface area contributed by atoms with Crippen LogP contribution >= 0.6 is 0 Å². The molecule has 0 aliphatic heterocycles. The maximum atomic E-state index is 13.3. The number of aliphatic hydroxyl groups excluding tert-OH is 1. The first-order valence-corrected chi connectivity index (χ1v) is 5.50. The van der Waals surface area contributed by atoms with Gasteiger partial charge in [0.05, 0.1) is 25.0 Å². The summed E-state index contributed by atoms with van der Waals surface area (Å²) in [5.74, 6) is -1.23. The minimum Gasteiger partial charge on any atom is -0.394 e. The monoisotopic (exact) mass is 253 g/mol. The van der Waals surface area contributed by atoms with Crippen molar-refractivity contribution in [2.75, 3.05) is 11.9 Å². The number of aromatic nitrogens is 2. The molecule has 0 amide bonds. The van der Waals surface area contributed by atoms with Crippen molar-refractivity contribution in [3.05, 3.63) is 47.8 Å². The Morgan fingerprint density at radius 3 is 2.89 bits per heavy atom. The van der Waals surface area contributed by atoms with Crippen molar-refractivity contribution in [3.8, 4) is 0 Å². The number of benzene rings is 1. The summed E-state index contributed by atoms with van der Waals surface area (Å²) in [6.45, 7) is 0.819. The lowest BCUT2D eigenvalue weighted by Crippen LogP contribution is -2.03. The van der Waals surface area contributed by atoms with E-state index in [1.54, 1.807) is 17.1 Å². The third-order valence-corrected chi connectivity index (χ3v) is 2.43. The zero-order valence-corrected chi connectivity index (χ0v) is 9.61. The first-order chi connectivity index (χ1) is 8.69. The fraction of sp³-hybridized carbons (Fsp3) is 0.250. The average Bonchev–Trinajstić information content (AvgIpc) is 2.76. The molecule has 2 aromatic rings. The van der Waals surface area contributed by atoms with E-state index in [1.165, 1.54) is 12.1 Å². The van der Waals surface area contributed by atoms with Crippen LogP contribution in [0.2, 0.25) is 0 Å². The Morgan fingerprint density at radius 1 is 1.33 bits per heavy atom. The van der Waals surface area contributed by atoms with Crippen molar-refractivity contribution < 1.29 is 13.9 Å². The summed E-state index contributed by atoms with van der Waals surface area (Å²) in [6.07, 6.45) is 3.38. The van der Waals surface area contributed by atoms with Gasteiger partial charge in [-0.3, -0.25) is 4.68 Å². The van der Waals surface area contributed by atoms with Gasteiger partial charge in [-0.2, -0.15) is 5.10 Å². The van der Waals surface area contributed by atoms with Crippen LogP contribution in [-0.4, -0.2) is 21.5 Å². The number of nitrogens with zero attached hydrogens (tertiary/aromatic N) is 2. The van der Waals surface area contributed by atoms with E-state index in [-0.39, 0.29) is 12.3 Å². The number of aliphatic hydroxyl groups is 1. The van der Waals surface area contributed by atoms with E-state index in [0.29, 0.717) is 13.1 Å². The third-order valence-electron chi connectivity index (χ3n) is 2.43.